The molecule has 2 aliphatic rings. The van der Waals surface area contributed by atoms with E-state index in [1.165, 1.54) is 4.90 Å². The highest BCUT2D eigenvalue weighted by atomic mass is 16.6. The van der Waals surface area contributed by atoms with Gasteiger partial charge in [0.2, 0.25) is 11.8 Å². The van der Waals surface area contributed by atoms with E-state index >= 15 is 0 Å². The zero-order valence-electron chi connectivity index (χ0n) is 15.4. The van der Waals surface area contributed by atoms with Gasteiger partial charge in [0.05, 0.1) is 5.92 Å². The third kappa shape index (κ3) is 4.32. The monoisotopic (exact) mass is 376 g/mol. The van der Waals surface area contributed by atoms with E-state index in [-0.39, 0.29) is 24.8 Å². The van der Waals surface area contributed by atoms with Gasteiger partial charge in [-0.15, -0.1) is 0 Å². The molecule has 0 saturated carbocycles. The predicted molar refractivity (Wildman–Crippen MR) is 96.9 cm³/mol. The maximum Gasteiger partial charge on any atom is 0.326 e. The smallest absolute Gasteiger partial charge is 0.326 e. The molecule has 1 saturated heterocycles. The quantitative estimate of drug-likeness (QED) is 0.778. The second kappa shape index (κ2) is 7.85. The normalized spacial score (nSPS) is 19.9. The van der Waals surface area contributed by atoms with Gasteiger partial charge in [-0.25, -0.2) is 4.79 Å². The number of benzene rings is 1. The van der Waals surface area contributed by atoms with Gasteiger partial charge in [0.1, 0.15) is 19.3 Å². The van der Waals surface area contributed by atoms with Crippen LogP contribution in [0.15, 0.2) is 18.2 Å². The zero-order valence-corrected chi connectivity index (χ0v) is 15.4. The Morgan fingerprint density at radius 1 is 1.26 bits per heavy atom. The van der Waals surface area contributed by atoms with Gasteiger partial charge in [-0.1, -0.05) is 13.8 Å². The van der Waals surface area contributed by atoms with Crippen molar-refractivity contribution in [1.29, 1.82) is 0 Å². The van der Waals surface area contributed by atoms with Crippen LogP contribution in [0.4, 0.5) is 5.69 Å². The lowest BCUT2D eigenvalue weighted by molar-refractivity contribution is -0.142. The number of carbonyl (C=O) groups is 3. The van der Waals surface area contributed by atoms with Gasteiger partial charge in [-0.2, -0.15) is 0 Å². The van der Waals surface area contributed by atoms with Crippen molar-refractivity contribution in [1.82, 2.24) is 5.32 Å². The van der Waals surface area contributed by atoms with Gasteiger partial charge in [-0.05, 0) is 24.5 Å². The molecule has 2 amide bonds. The fourth-order valence-corrected chi connectivity index (χ4v) is 3.32. The Kier molecular flexibility index (Phi) is 5.53. The standard InChI is InChI=1S/C19H24N2O6/c1-11(2)7-14(19(24)25)20-18(23)12-8-17(22)21(10-12)13-3-4-15-16(9-13)27-6-5-26-15/h3-4,9,11-12,14H,5-8,10H2,1-2H3,(H,20,23)(H,24,25). The van der Waals surface area contributed by atoms with Crippen LogP contribution >= 0.6 is 0 Å². The minimum Gasteiger partial charge on any atom is -0.486 e. The predicted octanol–water partition coefficient (Wildman–Crippen LogP) is 1.43. The summed E-state index contributed by atoms with van der Waals surface area (Å²) in [5, 5.41) is 11.9. The Bertz CT molecular complexity index is 748. The van der Waals surface area contributed by atoms with Crippen LogP contribution in [0.5, 0.6) is 11.5 Å². The lowest BCUT2D eigenvalue weighted by Gasteiger charge is -2.22. The number of fused-ring (bicyclic) bond motifs is 1. The topological polar surface area (TPSA) is 105 Å². The molecule has 2 aliphatic heterocycles. The molecule has 2 heterocycles. The van der Waals surface area contributed by atoms with Gasteiger partial charge < -0.3 is 24.8 Å². The maximum atomic E-state index is 12.5. The van der Waals surface area contributed by atoms with Crippen LogP contribution in [0.2, 0.25) is 0 Å². The molecule has 0 bridgehead atoms. The molecular formula is C19H24N2O6. The Labute approximate surface area is 157 Å². The SMILES string of the molecule is CC(C)CC(NC(=O)C1CC(=O)N(c2ccc3c(c2)OCCO3)C1)C(=O)O. The number of hydrogen-bond acceptors (Lipinski definition) is 5. The number of carboxylic acid groups (broad SMARTS) is 1. The van der Waals surface area contributed by atoms with Crippen molar-refractivity contribution in [3.05, 3.63) is 18.2 Å². The van der Waals surface area contributed by atoms with Gasteiger partial charge in [0.15, 0.2) is 11.5 Å². The zero-order chi connectivity index (χ0) is 19.6. The first-order chi connectivity index (χ1) is 12.8. The van der Waals surface area contributed by atoms with Crippen LogP contribution in [0.3, 0.4) is 0 Å². The van der Waals surface area contributed by atoms with E-state index in [0.29, 0.717) is 36.8 Å². The van der Waals surface area contributed by atoms with E-state index in [4.69, 9.17) is 9.47 Å². The fraction of sp³-hybridized carbons (Fsp3) is 0.526. The van der Waals surface area contributed by atoms with Crippen molar-refractivity contribution in [3.8, 4) is 11.5 Å². The Balaban J connectivity index is 1.68. The Morgan fingerprint density at radius 2 is 1.96 bits per heavy atom. The van der Waals surface area contributed by atoms with Crippen LogP contribution in [-0.4, -0.2) is 48.7 Å². The molecule has 0 radical (unpaired) electrons. The molecule has 146 valence electrons. The lowest BCUT2D eigenvalue weighted by Crippen LogP contribution is -2.44. The highest BCUT2D eigenvalue weighted by Gasteiger charge is 2.37. The number of nitrogens with zero attached hydrogens (tertiary/aromatic N) is 1. The van der Waals surface area contributed by atoms with Crippen molar-refractivity contribution in [2.24, 2.45) is 11.8 Å². The minimum atomic E-state index is -1.06. The van der Waals surface area contributed by atoms with E-state index in [1.807, 2.05) is 13.8 Å². The van der Waals surface area contributed by atoms with Crippen LogP contribution in [0.1, 0.15) is 26.7 Å². The van der Waals surface area contributed by atoms with Crippen molar-refractivity contribution >= 4 is 23.5 Å². The van der Waals surface area contributed by atoms with Crippen molar-refractivity contribution in [2.45, 2.75) is 32.7 Å². The first kappa shape index (κ1) is 19.0. The highest BCUT2D eigenvalue weighted by Crippen LogP contribution is 2.36. The number of hydrogen-bond donors (Lipinski definition) is 2. The number of carboxylic acids is 1. The second-order valence-corrected chi connectivity index (χ2v) is 7.26. The summed E-state index contributed by atoms with van der Waals surface area (Å²) in [6, 6.07) is 4.28. The Morgan fingerprint density at radius 3 is 2.63 bits per heavy atom. The van der Waals surface area contributed by atoms with E-state index in [1.54, 1.807) is 18.2 Å². The summed E-state index contributed by atoms with van der Waals surface area (Å²) in [7, 11) is 0. The number of rotatable bonds is 6. The average molecular weight is 376 g/mol. The molecule has 8 nitrogen and oxygen atoms in total. The molecule has 2 atom stereocenters. The lowest BCUT2D eigenvalue weighted by atomic mass is 10.0. The van der Waals surface area contributed by atoms with Crippen LogP contribution in [0, 0.1) is 11.8 Å². The molecule has 1 fully saturated rings. The first-order valence-electron chi connectivity index (χ1n) is 9.08. The third-order valence-electron chi connectivity index (χ3n) is 4.65. The molecule has 2 N–H and O–H groups in total. The van der Waals surface area contributed by atoms with Crippen LogP contribution in [-0.2, 0) is 14.4 Å². The summed E-state index contributed by atoms with van der Waals surface area (Å²) in [6.07, 6.45) is 0.391. The van der Waals surface area contributed by atoms with E-state index in [9.17, 15) is 19.5 Å². The summed E-state index contributed by atoms with van der Waals surface area (Å²) in [5.41, 5.74) is 0.636. The second-order valence-electron chi connectivity index (χ2n) is 7.26. The third-order valence-corrected chi connectivity index (χ3v) is 4.65. The van der Waals surface area contributed by atoms with E-state index < -0.39 is 23.8 Å². The number of carbonyl (C=O) groups excluding carboxylic acids is 2. The summed E-state index contributed by atoms with van der Waals surface area (Å²) in [4.78, 5) is 37.8. The highest BCUT2D eigenvalue weighted by molar-refractivity contribution is 6.01. The molecule has 27 heavy (non-hydrogen) atoms. The first-order valence-corrected chi connectivity index (χ1v) is 9.08. The van der Waals surface area contributed by atoms with Crippen molar-refractivity contribution in [2.75, 3.05) is 24.7 Å². The number of ether oxygens (including phenoxy) is 2. The minimum absolute atomic E-state index is 0.0499. The summed E-state index contributed by atoms with van der Waals surface area (Å²) in [6.45, 7) is 4.92. The van der Waals surface area contributed by atoms with Crippen LogP contribution in [0.25, 0.3) is 0 Å². The van der Waals surface area contributed by atoms with E-state index in [2.05, 4.69) is 5.32 Å². The van der Waals surface area contributed by atoms with Gasteiger partial charge >= 0.3 is 5.97 Å². The Hall–Kier alpha value is -2.77. The summed E-state index contributed by atoms with van der Waals surface area (Å²) >= 11 is 0. The van der Waals surface area contributed by atoms with Crippen molar-refractivity contribution in [3.63, 3.8) is 0 Å². The van der Waals surface area contributed by atoms with Gasteiger partial charge in [-0.3, -0.25) is 9.59 Å². The molecule has 1 aromatic carbocycles. The average Bonchev–Trinajstić information content (AvgIpc) is 3.02. The molecule has 0 aromatic heterocycles. The van der Waals surface area contributed by atoms with E-state index in [0.717, 1.165) is 0 Å². The molecular weight excluding hydrogens is 352 g/mol. The molecule has 0 aliphatic carbocycles. The number of aliphatic carboxylic acids is 1. The fourth-order valence-electron chi connectivity index (χ4n) is 3.32. The maximum absolute atomic E-state index is 12.5. The van der Waals surface area contributed by atoms with Crippen molar-refractivity contribution < 1.29 is 29.0 Å². The molecule has 1 aromatic rings. The molecule has 0 spiro atoms. The molecule has 2 unspecified atom stereocenters. The molecule has 3 rings (SSSR count). The largest absolute Gasteiger partial charge is 0.486 e. The number of nitrogens with one attached hydrogen (secondary N) is 1. The molecule has 8 heteroatoms. The summed E-state index contributed by atoms with van der Waals surface area (Å²) in [5.74, 6) is -0.902. The number of anilines is 1. The summed E-state index contributed by atoms with van der Waals surface area (Å²) < 4.78 is 11.0. The van der Waals surface area contributed by atoms with Crippen LogP contribution < -0.4 is 19.7 Å². The van der Waals surface area contributed by atoms with Gasteiger partial charge in [0.25, 0.3) is 0 Å². The number of amides is 2. The van der Waals surface area contributed by atoms with Gasteiger partial charge in [0, 0.05) is 24.7 Å².